The van der Waals surface area contributed by atoms with E-state index in [1.54, 1.807) is 95.2 Å². The molecule has 8 rings (SSSR count). The maximum atomic E-state index is 13.7. The van der Waals surface area contributed by atoms with E-state index in [0.717, 1.165) is 27.8 Å². The monoisotopic (exact) mass is 1150 g/mol. The molecule has 0 saturated carbocycles. The number of halogens is 1. The van der Waals surface area contributed by atoms with Crippen molar-refractivity contribution < 1.29 is 73.3 Å². The van der Waals surface area contributed by atoms with Crippen molar-refractivity contribution in [3.05, 3.63) is 244 Å². The van der Waals surface area contributed by atoms with Crippen LogP contribution in [0, 0.1) is 6.92 Å². The van der Waals surface area contributed by atoms with Crippen LogP contribution in [0.3, 0.4) is 0 Å². The molecule has 0 atom stereocenters. The van der Waals surface area contributed by atoms with Gasteiger partial charge in [-0.3, -0.25) is 0 Å². The number of methoxy groups -OCH3 is 4. The number of esters is 2. The Morgan fingerprint density at radius 1 is 0.442 bits per heavy atom. The van der Waals surface area contributed by atoms with Gasteiger partial charge in [-0.15, -0.1) is 6.07 Å². The zero-order chi connectivity index (χ0) is 54.4. The Morgan fingerprint density at radius 3 is 1.31 bits per heavy atom. The van der Waals surface area contributed by atoms with Gasteiger partial charge < -0.3 is 47.4 Å². The molecule has 0 bridgehead atoms. The molecule has 14 heteroatoms. The van der Waals surface area contributed by atoms with Gasteiger partial charge in [0.15, 0.2) is 6.79 Å². The Morgan fingerprint density at radius 2 is 0.844 bits per heavy atom. The molecule has 0 heterocycles. The molecule has 0 spiro atoms. The van der Waals surface area contributed by atoms with Crippen LogP contribution in [-0.4, -0.2) is 60.4 Å². The molecule has 8 aromatic rings. The van der Waals surface area contributed by atoms with Gasteiger partial charge >= 0.3 is 41.9 Å². The summed E-state index contributed by atoms with van der Waals surface area (Å²) >= 11 is 4.25. The molecule has 77 heavy (non-hydrogen) atoms. The summed E-state index contributed by atoms with van der Waals surface area (Å²) in [7, 11) is 6.43. The molecule has 0 fully saturated rings. The summed E-state index contributed by atoms with van der Waals surface area (Å²) in [5.41, 5.74) is 7.75. The van der Waals surface area contributed by atoms with Crippen LogP contribution < -0.4 is 37.9 Å². The van der Waals surface area contributed by atoms with Crippen LogP contribution in [0.1, 0.15) is 70.8 Å². The van der Waals surface area contributed by atoms with Crippen molar-refractivity contribution in [1.82, 2.24) is 0 Å². The van der Waals surface area contributed by atoms with Gasteiger partial charge in [-0.2, -0.15) is 12.5 Å². The first-order valence-corrected chi connectivity index (χ1v) is 31.6. The number of ether oxygens (including phenoxy) is 10. The van der Waals surface area contributed by atoms with Crippen LogP contribution >= 0.6 is 13.6 Å². The van der Waals surface area contributed by atoms with Crippen LogP contribution in [-0.2, 0) is 58.3 Å². The fourth-order valence-electron chi connectivity index (χ4n) is 8.62. The van der Waals surface area contributed by atoms with Gasteiger partial charge in [0.2, 0.25) is 0 Å². The third-order valence-corrected chi connectivity index (χ3v) is 12.1. The van der Waals surface area contributed by atoms with Crippen LogP contribution in [0.4, 0.5) is 0 Å². The molecule has 0 aliphatic heterocycles. The van der Waals surface area contributed by atoms with Gasteiger partial charge in [-0.1, -0.05) is 103 Å². The molecule has 0 saturated heterocycles. The first-order chi connectivity index (χ1) is 37.7. The number of carbonyl (C=O) groups excluding carboxylic acids is 2. The van der Waals surface area contributed by atoms with Gasteiger partial charge in [0.1, 0.15) is 47.7 Å². The van der Waals surface area contributed by atoms with E-state index >= 15 is 0 Å². The van der Waals surface area contributed by atoms with E-state index in [-0.39, 0.29) is 32.7 Å². The van der Waals surface area contributed by atoms with Crippen LogP contribution in [0.2, 0.25) is 0 Å². The van der Waals surface area contributed by atoms with Crippen LogP contribution in [0.5, 0.6) is 46.0 Å². The molecular formula is C63H59BrO12Zn. The summed E-state index contributed by atoms with van der Waals surface area (Å²) in [6.45, 7) is 5.61. The standard InChI is InChI=1S/C63H59O12.BrH.Zn/c1-43-30-55(71-40-44-18-10-6-11-19-44)35-49(59(43)67-3)32-52-38-57(75-63(65)47-24-16-9-17-25-47)39-53(61(52)69-5)33-51-37-56(72-41-45-20-12-7-13-21-45)36-50(60(51)68-4)31-48-34-54(74-62(64)46-22-14-8-15-23-46)26-27-58(48)73-42-70-29-28-66-2;;/h6-27,30,34-39H,1,28-29,31-33,40-42H2,2-5H3;1H;/q-1;;+2/p-1. The van der Waals surface area contributed by atoms with E-state index in [1.807, 2.05) is 109 Å². The summed E-state index contributed by atoms with van der Waals surface area (Å²) in [6.07, 6.45) is 0.762. The van der Waals surface area contributed by atoms with Crippen molar-refractivity contribution in [3.8, 4) is 46.0 Å². The predicted molar refractivity (Wildman–Crippen MR) is 295 cm³/mol. The third-order valence-electron chi connectivity index (χ3n) is 12.1. The molecule has 0 radical (unpaired) electrons. The Hall–Kier alpha value is -7.61. The van der Waals surface area contributed by atoms with Crippen LogP contribution in [0.15, 0.2) is 176 Å². The average Bonchev–Trinajstić information content (AvgIpc) is 3.47. The number of carbonyl (C=O) groups is 2. The number of benzene rings is 8. The molecular weight excluding hydrogens is 1090 g/mol. The minimum atomic E-state index is -0.526. The third kappa shape index (κ3) is 16.2. The van der Waals surface area contributed by atoms with E-state index in [1.165, 1.54) is 16.3 Å². The zero-order valence-electron chi connectivity index (χ0n) is 43.6. The second kappa shape index (κ2) is 29.6. The normalized spacial score (nSPS) is 10.6. The van der Waals surface area contributed by atoms with Crippen molar-refractivity contribution in [2.75, 3.05) is 48.4 Å². The summed E-state index contributed by atoms with van der Waals surface area (Å²) in [5, 5.41) is 0. The Balaban J connectivity index is 0.00000426. The quantitative estimate of drug-likeness (QED) is 0.0135. The molecule has 0 aromatic heterocycles. The van der Waals surface area contributed by atoms with Crippen molar-refractivity contribution in [3.63, 3.8) is 0 Å². The van der Waals surface area contributed by atoms with Gasteiger partial charge in [0.25, 0.3) is 0 Å². The van der Waals surface area contributed by atoms with E-state index in [2.05, 4.69) is 20.5 Å². The molecule has 0 aliphatic carbocycles. The average molecular weight is 1150 g/mol. The van der Waals surface area contributed by atoms with Gasteiger partial charge in [-0.25, -0.2) is 9.59 Å². The summed E-state index contributed by atoms with van der Waals surface area (Å²) < 4.78 is 60.6. The SMILES string of the molecule is [CH2-]c1cc(OCc2ccccc2)cc(Cc2cc(OC(=O)c3ccccc3)cc(Cc3cc(OCc4ccccc4)cc(Cc4cc(OC(=O)c5ccccc5)ccc4OCOCCOC)c3OC)c2OC)c1OC.[Zn+][Br]. The van der Waals surface area contributed by atoms with Crippen LogP contribution in [0.25, 0.3) is 0 Å². The van der Waals surface area contributed by atoms with Crippen molar-refractivity contribution in [2.24, 2.45) is 0 Å². The molecule has 0 aliphatic rings. The number of hydrogen-bond acceptors (Lipinski definition) is 12. The fourth-order valence-corrected chi connectivity index (χ4v) is 8.62. The van der Waals surface area contributed by atoms with E-state index < -0.39 is 11.9 Å². The second-order valence-corrected chi connectivity index (χ2v) is 17.3. The number of rotatable bonds is 25. The summed E-state index contributed by atoms with van der Waals surface area (Å²) in [6, 6.07) is 53.9. The summed E-state index contributed by atoms with van der Waals surface area (Å²) in [5.74, 6) is 2.94. The molecule has 392 valence electrons. The Bertz CT molecular complexity index is 3160. The Labute approximate surface area is 467 Å². The molecule has 0 amide bonds. The van der Waals surface area contributed by atoms with E-state index in [9.17, 15) is 9.59 Å². The van der Waals surface area contributed by atoms with Crippen molar-refractivity contribution >= 4 is 25.6 Å². The van der Waals surface area contributed by atoms with Gasteiger partial charge in [0, 0.05) is 53.5 Å². The molecule has 0 N–H and O–H groups in total. The van der Waals surface area contributed by atoms with Gasteiger partial charge in [-0.05, 0) is 90.3 Å². The van der Waals surface area contributed by atoms with E-state index in [0.29, 0.717) is 99.2 Å². The first-order valence-electron chi connectivity index (χ1n) is 24.6. The zero-order valence-corrected chi connectivity index (χ0v) is 48.1. The number of hydrogen-bond donors (Lipinski definition) is 0. The second-order valence-electron chi connectivity index (χ2n) is 17.3. The Kier molecular flexibility index (Phi) is 22.0. The van der Waals surface area contributed by atoms with Crippen molar-refractivity contribution in [1.29, 1.82) is 0 Å². The first kappa shape index (κ1) is 57.1. The molecule has 12 nitrogen and oxygen atoms in total. The maximum absolute atomic E-state index is 13.7. The topological polar surface area (TPSA) is 126 Å². The fraction of sp³-hybridized carbons (Fsp3) is 0.190. The van der Waals surface area contributed by atoms with Crippen molar-refractivity contribution in [2.45, 2.75) is 32.5 Å². The van der Waals surface area contributed by atoms with Gasteiger partial charge in [0.05, 0.1) is 51.4 Å². The molecule has 8 aromatic carbocycles. The minimum absolute atomic E-state index is 0.0532. The van der Waals surface area contributed by atoms with E-state index in [4.69, 9.17) is 47.4 Å². The molecule has 0 unspecified atom stereocenters. The summed E-state index contributed by atoms with van der Waals surface area (Å²) in [4.78, 5) is 27.0. The predicted octanol–water partition coefficient (Wildman–Crippen LogP) is 13.1.